The van der Waals surface area contributed by atoms with Gasteiger partial charge in [-0.15, -0.1) is 0 Å². The van der Waals surface area contributed by atoms with Crippen LogP contribution >= 0.6 is 0 Å². The van der Waals surface area contributed by atoms with Crippen LogP contribution in [-0.4, -0.2) is 40.7 Å². The van der Waals surface area contributed by atoms with Gasteiger partial charge in [-0.2, -0.15) is 0 Å². The van der Waals surface area contributed by atoms with Gasteiger partial charge in [-0.3, -0.25) is 14.9 Å². The number of hydroxylamine groups is 1. The van der Waals surface area contributed by atoms with Crippen LogP contribution in [0.4, 0.5) is 0 Å². The Hall–Kier alpha value is -3.87. The molecule has 1 unspecified atom stereocenters. The third-order valence-corrected chi connectivity index (χ3v) is 7.20. The molecule has 0 radical (unpaired) electrons. The van der Waals surface area contributed by atoms with E-state index in [9.17, 15) is 4.79 Å². The zero-order chi connectivity index (χ0) is 25.6. The fourth-order valence-corrected chi connectivity index (χ4v) is 5.25. The SMILES string of the molecule is Cc1ccc(OCCN(CCc2c[nH]c3ccccc23)C2CCc3cc(C=CC(=O)NO)ccc32)cc1. The van der Waals surface area contributed by atoms with Crippen molar-refractivity contribution in [2.45, 2.75) is 32.2 Å². The number of carbonyl (C=O) groups excluding carboxylic acids is 1. The highest BCUT2D eigenvalue weighted by Gasteiger charge is 2.28. The quantitative estimate of drug-likeness (QED) is 0.152. The largest absolute Gasteiger partial charge is 0.492 e. The molecule has 1 heterocycles. The number of hydrogen-bond donors (Lipinski definition) is 3. The molecule has 1 amide bonds. The summed E-state index contributed by atoms with van der Waals surface area (Å²) in [5, 5.41) is 10.0. The average molecular weight is 496 g/mol. The summed E-state index contributed by atoms with van der Waals surface area (Å²) in [6.45, 7) is 4.47. The molecule has 3 aromatic carbocycles. The van der Waals surface area contributed by atoms with E-state index in [0.29, 0.717) is 12.6 Å². The van der Waals surface area contributed by atoms with E-state index in [1.165, 1.54) is 39.2 Å². The molecular weight excluding hydrogens is 462 g/mol. The first-order chi connectivity index (χ1) is 18.1. The van der Waals surface area contributed by atoms with Crippen LogP contribution in [0.2, 0.25) is 0 Å². The van der Waals surface area contributed by atoms with Crippen LogP contribution in [0, 0.1) is 6.92 Å². The van der Waals surface area contributed by atoms with Crippen molar-refractivity contribution in [1.29, 1.82) is 0 Å². The highest BCUT2D eigenvalue weighted by Crippen LogP contribution is 2.36. The Kier molecular flexibility index (Phi) is 7.68. The third-order valence-electron chi connectivity index (χ3n) is 7.20. The average Bonchev–Trinajstić information content (AvgIpc) is 3.54. The molecule has 1 aromatic heterocycles. The van der Waals surface area contributed by atoms with E-state index in [1.807, 2.05) is 18.2 Å². The van der Waals surface area contributed by atoms with Gasteiger partial charge in [0.25, 0.3) is 5.91 Å². The molecule has 5 rings (SSSR count). The summed E-state index contributed by atoms with van der Waals surface area (Å²) in [5.74, 6) is 0.368. The second-order valence-corrected chi connectivity index (χ2v) is 9.63. The first-order valence-electron chi connectivity index (χ1n) is 12.8. The number of amides is 1. The first kappa shape index (κ1) is 24.8. The maximum atomic E-state index is 11.4. The molecule has 0 saturated heterocycles. The highest BCUT2D eigenvalue weighted by atomic mass is 16.5. The van der Waals surface area contributed by atoms with Gasteiger partial charge in [0.1, 0.15) is 12.4 Å². The lowest BCUT2D eigenvalue weighted by molar-refractivity contribution is -0.124. The standard InChI is InChI=1S/C31H33N3O3/c1-22-6-11-26(12-7-22)37-19-18-34(17-16-25-21-32-29-5-3-2-4-27(25)29)30-14-10-24-20-23(8-13-28(24)30)9-15-31(35)33-36/h2-9,11-13,15,20-21,30,32,36H,10,14,16-19H2,1H3,(H,33,35). The van der Waals surface area contributed by atoms with Crippen molar-refractivity contribution >= 4 is 22.9 Å². The Labute approximate surface area is 217 Å². The Morgan fingerprint density at radius 1 is 1.14 bits per heavy atom. The number of fused-ring (bicyclic) bond motifs is 2. The molecule has 6 nitrogen and oxygen atoms in total. The van der Waals surface area contributed by atoms with E-state index >= 15 is 0 Å². The summed E-state index contributed by atoms with van der Waals surface area (Å²) in [6.07, 6.45) is 8.20. The second kappa shape index (κ2) is 11.5. The zero-order valence-electron chi connectivity index (χ0n) is 21.1. The number of nitrogens with one attached hydrogen (secondary N) is 2. The highest BCUT2D eigenvalue weighted by molar-refractivity contribution is 5.90. The van der Waals surface area contributed by atoms with Crippen LogP contribution in [0.15, 0.2) is 79.0 Å². The summed E-state index contributed by atoms with van der Waals surface area (Å²) in [6, 6.07) is 23.4. The number of hydrogen-bond acceptors (Lipinski definition) is 4. The van der Waals surface area contributed by atoms with Crippen LogP contribution in [0.3, 0.4) is 0 Å². The van der Waals surface area contributed by atoms with Crippen LogP contribution < -0.4 is 10.2 Å². The summed E-state index contributed by atoms with van der Waals surface area (Å²) >= 11 is 0. The molecule has 0 bridgehead atoms. The number of rotatable bonds is 10. The summed E-state index contributed by atoms with van der Waals surface area (Å²) in [4.78, 5) is 17.3. The van der Waals surface area contributed by atoms with Crippen LogP contribution in [0.25, 0.3) is 17.0 Å². The molecule has 0 saturated carbocycles. The Morgan fingerprint density at radius 3 is 2.81 bits per heavy atom. The molecule has 190 valence electrons. The van der Waals surface area contributed by atoms with Crippen molar-refractivity contribution in [2.75, 3.05) is 19.7 Å². The molecule has 3 N–H and O–H groups in total. The summed E-state index contributed by atoms with van der Waals surface area (Å²) in [7, 11) is 0. The lowest BCUT2D eigenvalue weighted by atomic mass is 10.0. The van der Waals surface area contributed by atoms with E-state index in [1.54, 1.807) is 11.6 Å². The van der Waals surface area contributed by atoms with Gasteiger partial charge in [-0.25, -0.2) is 5.48 Å². The first-order valence-corrected chi connectivity index (χ1v) is 12.8. The number of ether oxygens (including phenoxy) is 1. The molecule has 37 heavy (non-hydrogen) atoms. The third kappa shape index (κ3) is 5.93. The molecule has 6 heteroatoms. The number of H-pyrrole nitrogens is 1. The van der Waals surface area contributed by atoms with Crippen LogP contribution in [0.5, 0.6) is 5.75 Å². The number of carbonyl (C=O) groups is 1. The van der Waals surface area contributed by atoms with Crippen LogP contribution in [-0.2, 0) is 17.6 Å². The van der Waals surface area contributed by atoms with Crippen molar-refractivity contribution in [3.8, 4) is 5.75 Å². The Bertz CT molecular complexity index is 1390. The second-order valence-electron chi connectivity index (χ2n) is 9.63. The molecule has 0 spiro atoms. The fourth-order valence-electron chi connectivity index (χ4n) is 5.25. The smallest absolute Gasteiger partial charge is 0.267 e. The Balaban J connectivity index is 1.32. The van der Waals surface area contributed by atoms with Crippen molar-refractivity contribution in [2.24, 2.45) is 0 Å². The van der Waals surface area contributed by atoms with E-state index in [2.05, 4.69) is 71.5 Å². The minimum absolute atomic E-state index is 0.320. The normalized spacial score (nSPS) is 14.9. The molecule has 4 aromatic rings. The topological polar surface area (TPSA) is 77.6 Å². The summed E-state index contributed by atoms with van der Waals surface area (Å²) < 4.78 is 6.12. The van der Waals surface area contributed by atoms with Crippen molar-refractivity contribution in [3.05, 3.63) is 107 Å². The lowest BCUT2D eigenvalue weighted by Gasteiger charge is -2.29. The number of nitrogens with zero attached hydrogens (tertiary/aromatic N) is 1. The van der Waals surface area contributed by atoms with Crippen molar-refractivity contribution in [3.63, 3.8) is 0 Å². The van der Waals surface area contributed by atoms with Gasteiger partial charge in [-0.1, -0.05) is 54.1 Å². The molecule has 0 fully saturated rings. The van der Waals surface area contributed by atoms with Gasteiger partial charge < -0.3 is 9.72 Å². The predicted molar refractivity (Wildman–Crippen MR) is 147 cm³/mol. The molecule has 1 atom stereocenters. The monoisotopic (exact) mass is 495 g/mol. The maximum absolute atomic E-state index is 11.4. The van der Waals surface area contributed by atoms with Crippen LogP contribution in [0.1, 0.15) is 40.3 Å². The minimum Gasteiger partial charge on any atom is -0.492 e. The number of aryl methyl sites for hydroxylation is 2. The molecular formula is C31H33N3O3. The van der Waals surface area contributed by atoms with Gasteiger partial charge in [0.15, 0.2) is 0 Å². The van der Waals surface area contributed by atoms with E-state index in [0.717, 1.165) is 43.7 Å². The molecule has 0 aliphatic heterocycles. The van der Waals surface area contributed by atoms with Crippen molar-refractivity contribution < 1.29 is 14.7 Å². The zero-order valence-corrected chi connectivity index (χ0v) is 21.1. The van der Waals surface area contributed by atoms with Gasteiger partial charge >= 0.3 is 0 Å². The fraction of sp³-hybridized carbons (Fsp3) is 0.258. The summed E-state index contributed by atoms with van der Waals surface area (Å²) in [5.41, 5.74) is 8.98. The number of aromatic amines is 1. The van der Waals surface area contributed by atoms with Gasteiger partial charge in [0.2, 0.25) is 0 Å². The number of benzene rings is 3. The van der Waals surface area contributed by atoms with Crippen molar-refractivity contribution in [1.82, 2.24) is 15.4 Å². The molecule has 1 aliphatic carbocycles. The molecule has 1 aliphatic rings. The van der Waals surface area contributed by atoms with Gasteiger partial charge in [0.05, 0.1) is 0 Å². The van der Waals surface area contributed by atoms with E-state index in [4.69, 9.17) is 9.94 Å². The Morgan fingerprint density at radius 2 is 1.97 bits per heavy atom. The van der Waals surface area contributed by atoms with Gasteiger partial charge in [-0.05, 0) is 72.7 Å². The number of para-hydroxylation sites is 1. The minimum atomic E-state index is -0.532. The maximum Gasteiger partial charge on any atom is 0.267 e. The number of aromatic nitrogens is 1. The van der Waals surface area contributed by atoms with Gasteiger partial charge in [0, 0.05) is 42.3 Å². The predicted octanol–water partition coefficient (Wildman–Crippen LogP) is 5.61. The van der Waals surface area contributed by atoms with E-state index < -0.39 is 5.91 Å². The lowest BCUT2D eigenvalue weighted by Crippen LogP contribution is -2.33. The van der Waals surface area contributed by atoms with E-state index in [-0.39, 0.29) is 0 Å².